The van der Waals surface area contributed by atoms with E-state index in [4.69, 9.17) is 15.6 Å². The van der Waals surface area contributed by atoms with Crippen molar-refractivity contribution >= 4 is 41.2 Å². The lowest BCUT2D eigenvalue weighted by atomic mass is 9.82. The highest BCUT2D eigenvalue weighted by Crippen LogP contribution is 2.41. The molecular formula is C55H68N10O6. The van der Waals surface area contributed by atoms with Crippen molar-refractivity contribution in [2.45, 2.75) is 95.7 Å². The molecule has 8 heterocycles. The number of ether oxygens (including phenoxy) is 1. The lowest BCUT2D eigenvalue weighted by molar-refractivity contribution is -0.136. The van der Waals surface area contributed by atoms with E-state index in [1.165, 1.54) is 6.42 Å². The highest BCUT2D eigenvalue weighted by molar-refractivity contribution is 6.06. The normalized spacial score (nSPS) is 23.1. The van der Waals surface area contributed by atoms with Gasteiger partial charge in [-0.3, -0.25) is 24.5 Å². The van der Waals surface area contributed by atoms with Crippen molar-refractivity contribution in [3.05, 3.63) is 89.5 Å². The van der Waals surface area contributed by atoms with Crippen LogP contribution in [0.1, 0.15) is 109 Å². The van der Waals surface area contributed by atoms with Crippen LogP contribution in [0.2, 0.25) is 0 Å². The summed E-state index contributed by atoms with van der Waals surface area (Å²) in [7, 11) is 0. The van der Waals surface area contributed by atoms with Crippen molar-refractivity contribution in [1.29, 1.82) is 0 Å². The number of rotatable bonds is 11. The highest BCUT2D eigenvalue weighted by Gasteiger charge is 2.40. The van der Waals surface area contributed by atoms with Gasteiger partial charge in [-0.2, -0.15) is 5.10 Å². The number of benzene rings is 3. The molecule has 3 aromatic carbocycles. The number of amides is 6. The maximum Gasteiger partial charge on any atom is 0.319 e. The second-order valence-electron chi connectivity index (χ2n) is 21.3. The number of piperidine rings is 5. The molecule has 7 aliphatic rings. The molecule has 0 radical (unpaired) electrons. The maximum atomic E-state index is 13.8. The standard InChI is InChI=1S/C55H68N10O6/c56-51(67)49-50(40-6-9-44(10-7-40)71-43-4-2-1-3-5-43)59-65-46(14-23-57-52(49)65)39-21-24-60(25-22-39)34-38-19-30-63(31-20-38)55(70)62-28-17-37(18-29-62)32-36-15-26-61(27-16-36)42-8-11-45-41(33-42)35-64(54(45)69)47-12-13-48(66)58-53(47)68/h1-11,33,36-39,46-47,57H,12-32,34-35H2,(H2,56,67)(H,58,66,68)/t46-,47?/m0/s1. The fraction of sp³-hybridized carbons (Fsp3) is 0.527. The first-order valence-electron chi connectivity index (χ1n) is 26.4. The fourth-order valence-corrected chi connectivity index (χ4v) is 12.9. The Morgan fingerprint density at radius 3 is 2.06 bits per heavy atom. The van der Waals surface area contributed by atoms with Gasteiger partial charge in [0.1, 0.15) is 34.6 Å². The summed E-state index contributed by atoms with van der Waals surface area (Å²) in [4.78, 5) is 75.0. The average molecular weight is 965 g/mol. The first-order chi connectivity index (χ1) is 34.6. The van der Waals surface area contributed by atoms with Gasteiger partial charge in [0.25, 0.3) is 11.8 Å². The van der Waals surface area contributed by atoms with Crippen LogP contribution >= 0.6 is 0 Å². The molecule has 5 fully saturated rings. The van der Waals surface area contributed by atoms with E-state index in [1.54, 1.807) is 4.90 Å². The van der Waals surface area contributed by atoms with Gasteiger partial charge in [-0.15, -0.1) is 0 Å². The monoisotopic (exact) mass is 965 g/mol. The molecule has 16 nitrogen and oxygen atoms in total. The number of likely N-dealkylation sites (tertiary alicyclic amines) is 3. The van der Waals surface area contributed by atoms with E-state index in [9.17, 15) is 24.0 Å². The van der Waals surface area contributed by atoms with Crippen LogP contribution in [0, 0.1) is 23.7 Å². The summed E-state index contributed by atoms with van der Waals surface area (Å²) in [6.45, 7) is 9.68. The minimum Gasteiger partial charge on any atom is -0.457 e. The van der Waals surface area contributed by atoms with E-state index >= 15 is 0 Å². The predicted octanol–water partition coefficient (Wildman–Crippen LogP) is 7.12. The molecule has 0 bridgehead atoms. The van der Waals surface area contributed by atoms with E-state index in [2.05, 4.69) is 41.0 Å². The highest BCUT2D eigenvalue weighted by atomic mass is 16.5. The lowest BCUT2D eigenvalue weighted by Gasteiger charge is -2.42. The van der Waals surface area contributed by atoms with Crippen LogP contribution in [0.25, 0.3) is 11.3 Å². The lowest BCUT2D eigenvalue weighted by Crippen LogP contribution is -2.52. The Balaban J connectivity index is 0.597. The number of hydrogen-bond donors (Lipinski definition) is 3. The molecule has 71 heavy (non-hydrogen) atoms. The largest absolute Gasteiger partial charge is 0.457 e. The summed E-state index contributed by atoms with van der Waals surface area (Å²) in [6.07, 6.45) is 11.5. The van der Waals surface area contributed by atoms with E-state index < -0.39 is 11.9 Å². The Kier molecular flexibility index (Phi) is 13.5. The van der Waals surface area contributed by atoms with Gasteiger partial charge in [0.15, 0.2) is 0 Å². The number of anilines is 2. The Labute approximate surface area is 416 Å². The first-order valence-corrected chi connectivity index (χ1v) is 26.4. The summed E-state index contributed by atoms with van der Waals surface area (Å²) in [5.74, 6) is 3.32. The van der Waals surface area contributed by atoms with Crippen molar-refractivity contribution in [3.63, 3.8) is 0 Å². The Bertz CT molecular complexity index is 2610. The minimum atomic E-state index is -0.598. The number of nitrogens with two attached hydrogens (primary N) is 1. The van der Waals surface area contributed by atoms with Crippen molar-refractivity contribution in [2.24, 2.45) is 29.4 Å². The van der Waals surface area contributed by atoms with Gasteiger partial charge >= 0.3 is 6.03 Å². The number of carbonyl (C=O) groups excluding carboxylic acids is 5. The van der Waals surface area contributed by atoms with Gasteiger partial charge in [0, 0.05) is 82.1 Å². The van der Waals surface area contributed by atoms with Crippen LogP contribution in [0.15, 0.2) is 72.8 Å². The van der Waals surface area contributed by atoms with Gasteiger partial charge in [-0.25, -0.2) is 9.48 Å². The van der Waals surface area contributed by atoms with Gasteiger partial charge in [0.2, 0.25) is 11.8 Å². The van der Waals surface area contributed by atoms with E-state index in [0.29, 0.717) is 59.2 Å². The molecule has 1 unspecified atom stereocenters. The summed E-state index contributed by atoms with van der Waals surface area (Å²) < 4.78 is 8.06. The van der Waals surface area contributed by atoms with Crippen LogP contribution < -0.4 is 26.0 Å². The van der Waals surface area contributed by atoms with E-state index in [1.807, 2.05) is 66.7 Å². The molecule has 4 aromatic rings. The molecule has 6 amide bonds. The third kappa shape index (κ3) is 9.96. The fourth-order valence-electron chi connectivity index (χ4n) is 12.9. The molecule has 2 atom stereocenters. The molecule has 11 rings (SSSR count). The van der Waals surface area contributed by atoms with Crippen molar-refractivity contribution in [3.8, 4) is 22.8 Å². The van der Waals surface area contributed by atoms with Crippen molar-refractivity contribution in [2.75, 3.05) is 75.7 Å². The van der Waals surface area contributed by atoms with Gasteiger partial charge in [-0.05, 0) is 168 Å². The Hall–Kier alpha value is -6.42. The van der Waals surface area contributed by atoms with Crippen LogP contribution in [0.4, 0.5) is 16.3 Å². The Morgan fingerprint density at radius 1 is 0.718 bits per heavy atom. The zero-order valence-electron chi connectivity index (χ0n) is 40.8. The quantitative estimate of drug-likeness (QED) is 0.131. The number of carbonyl (C=O) groups is 5. The summed E-state index contributed by atoms with van der Waals surface area (Å²) in [6, 6.07) is 23.2. The third-order valence-corrected chi connectivity index (χ3v) is 16.9. The van der Waals surface area contributed by atoms with Crippen molar-refractivity contribution < 1.29 is 28.7 Å². The summed E-state index contributed by atoms with van der Waals surface area (Å²) in [5.41, 5.74) is 10.6. The number of imide groups is 1. The Morgan fingerprint density at radius 2 is 1.38 bits per heavy atom. The molecule has 7 aliphatic heterocycles. The number of primary amides is 1. The number of nitrogens with zero attached hydrogens (tertiary/aromatic N) is 7. The molecule has 0 saturated carbocycles. The number of urea groups is 1. The third-order valence-electron chi connectivity index (χ3n) is 16.9. The van der Waals surface area contributed by atoms with Gasteiger partial charge in [0.05, 0.1) is 6.04 Å². The molecule has 0 spiro atoms. The molecule has 4 N–H and O–H groups in total. The zero-order chi connectivity index (χ0) is 48.6. The summed E-state index contributed by atoms with van der Waals surface area (Å²) in [5, 5.41) is 10.9. The van der Waals surface area contributed by atoms with E-state index in [-0.39, 0.29) is 36.2 Å². The zero-order valence-corrected chi connectivity index (χ0v) is 40.8. The van der Waals surface area contributed by atoms with Gasteiger partial charge < -0.3 is 40.3 Å². The molecule has 374 valence electrons. The number of hydrogen-bond acceptors (Lipinski definition) is 10. The second kappa shape index (κ2) is 20.4. The number of nitrogens with one attached hydrogen (secondary N) is 2. The smallest absolute Gasteiger partial charge is 0.319 e. The number of fused-ring (bicyclic) bond motifs is 2. The van der Waals surface area contributed by atoms with Crippen LogP contribution in [0.3, 0.4) is 0 Å². The van der Waals surface area contributed by atoms with Crippen LogP contribution in [0.5, 0.6) is 11.5 Å². The molecule has 0 aliphatic carbocycles. The topological polar surface area (TPSA) is 179 Å². The first kappa shape index (κ1) is 46.9. The number of aromatic nitrogens is 2. The van der Waals surface area contributed by atoms with Crippen LogP contribution in [-0.2, 0) is 16.1 Å². The number of para-hydroxylation sites is 1. The molecular weight excluding hydrogens is 897 g/mol. The van der Waals surface area contributed by atoms with E-state index in [0.717, 1.165) is 152 Å². The SMILES string of the molecule is NC(=O)c1c(-c2ccc(Oc3ccccc3)cc2)nn2c1NCC[C@H]2C1CCN(CC2CCN(C(=O)N3CCC(CC4CCN(c5ccc6c(c5)CN(C5CCC(=O)NC5=O)C6=O)CC4)CC3)CC2)CC1. The molecule has 1 aromatic heterocycles. The molecule has 16 heteroatoms. The second-order valence-corrected chi connectivity index (χ2v) is 21.3. The van der Waals surface area contributed by atoms with Crippen LogP contribution in [-0.4, -0.2) is 131 Å². The van der Waals surface area contributed by atoms with Gasteiger partial charge in [-0.1, -0.05) is 18.2 Å². The van der Waals surface area contributed by atoms with Crippen molar-refractivity contribution in [1.82, 2.24) is 34.7 Å². The average Bonchev–Trinajstić information content (AvgIpc) is 3.95. The summed E-state index contributed by atoms with van der Waals surface area (Å²) >= 11 is 0. The minimum absolute atomic E-state index is 0.130. The molecule has 5 saturated heterocycles. The predicted molar refractivity (Wildman–Crippen MR) is 270 cm³/mol. The maximum absolute atomic E-state index is 13.8.